The van der Waals surface area contributed by atoms with Crippen molar-refractivity contribution in [2.24, 2.45) is 0 Å². The Labute approximate surface area is 115 Å². The zero-order chi connectivity index (χ0) is 12.3. The lowest BCUT2D eigenvalue weighted by atomic mass is 10.3. The molecule has 1 unspecified atom stereocenters. The number of rotatable bonds is 5. The Kier molecular flexibility index (Phi) is 4.56. The van der Waals surface area contributed by atoms with E-state index < -0.39 is 0 Å². The number of thiophene rings is 1. The average molecular weight is 287 g/mol. The topological polar surface area (TPSA) is 24.9 Å². The summed E-state index contributed by atoms with van der Waals surface area (Å²) in [5.74, 6) is 0. The van der Waals surface area contributed by atoms with Gasteiger partial charge in [-0.15, -0.1) is 22.7 Å². The van der Waals surface area contributed by atoms with Gasteiger partial charge in [0.1, 0.15) is 5.01 Å². The van der Waals surface area contributed by atoms with Crippen LogP contribution in [0, 0.1) is 0 Å². The molecule has 0 saturated heterocycles. The van der Waals surface area contributed by atoms with Crippen molar-refractivity contribution < 1.29 is 0 Å². The van der Waals surface area contributed by atoms with Crippen LogP contribution < -0.4 is 5.32 Å². The molecule has 0 spiro atoms. The summed E-state index contributed by atoms with van der Waals surface area (Å²) in [6.07, 6.45) is 3.03. The van der Waals surface area contributed by atoms with Gasteiger partial charge in [0.05, 0.1) is 4.34 Å². The molecule has 0 aliphatic carbocycles. The van der Waals surface area contributed by atoms with E-state index in [0.717, 1.165) is 22.3 Å². The van der Waals surface area contributed by atoms with E-state index in [2.05, 4.69) is 30.2 Å². The number of aromatic nitrogens is 1. The van der Waals surface area contributed by atoms with Crippen molar-refractivity contribution in [2.45, 2.75) is 32.9 Å². The summed E-state index contributed by atoms with van der Waals surface area (Å²) >= 11 is 9.33. The maximum absolute atomic E-state index is 5.92. The predicted octanol–water partition coefficient (Wildman–Crippen LogP) is 4.27. The molecule has 0 amide bonds. The molecule has 0 aliphatic heterocycles. The quantitative estimate of drug-likeness (QED) is 0.888. The first-order chi connectivity index (χ1) is 8.19. The number of hydrogen-bond acceptors (Lipinski definition) is 4. The molecule has 0 aromatic carbocycles. The van der Waals surface area contributed by atoms with E-state index in [1.54, 1.807) is 22.7 Å². The SMILES string of the molecule is CCc1cnc(CNC(C)c2ccc(Cl)s2)s1. The maximum Gasteiger partial charge on any atom is 0.107 e. The fourth-order valence-electron chi connectivity index (χ4n) is 1.50. The number of aryl methyl sites for hydroxylation is 1. The summed E-state index contributed by atoms with van der Waals surface area (Å²) in [4.78, 5) is 7.00. The van der Waals surface area contributed by atoms with Crippen molar-refractivity contribution in [2.75, 3.05) is 0 Å². The van der Waals surface area contributed by atoms with Gasteiger partial charge in [-0.3, -0.25) is 0 Å². The van der Waals surface area contributed by atoms with Crippen LogP contribution in [0.4, 0.5) is 0 Å². The van der Waals surface area contributed by atoms with Crippen LogP contribution in [0.15, 0.2) is 18.3 Å². The van der Waals surface area contributed by atoms with Gasteiger partial charge in [0.25, 0.3) is 0 Å². The van der Waals surface area contributed by atoms with Crippen molar-refractivity contribution in [1.82, 2.24) is 10.3 Å². The Morgan fingerprint density at radius 2 is 2.24 bits per heavy atom. The van der Waals surface area contributed by atoms with E-state index in [-0.39, 0.29) is 0 Å². The van der Waals surface area contributed by atoms with Gasteiger partial charge in [0, 0.05) is 28.5 Å². The number of thiazole rings is 1. The lowest BCUT2D eigenvalue weighted by molar-refractivity contribution is 0.581. The maximum atomic E-state index is 5.92. The summed E-state index contributed by atoms with van der Waals surface area (Å²) in [6, 6.07) is 4.34. The van der Waals surface area contributed by atoms with Crippen LogP contribution in [0.25, 0.3) is 0 Å². The van der Waals surface area contributed by atoms with Gasteiger partial charge in [-0.25, -0.2) is 4.98 Å². The molecule has 0 radical (unpaired) electrons. The van der Waals surface area contributed by atoms with E-state index >= 15 is 0 Å². The third-order valence-corrected chi connectivity index (χ3v) is 5.09. The highest BCUT2D eigenvalue weighted by Gasteiger charge is 2.08. The fourth-order valence-corrected chi connectivity index (χ4v) is 3.40. The van der Waals surface area contributed by atoms with Crippen molar-refractivity contribution in [3.05, 3.63) is 37.4 Å². The van der Waals surface area contributed by atoms with Crippen LogP contribution in [0.3, 0.4) is 0 Å². The Morgan fingerprint density at radius 1 is 1.41 bits per heavy atom. The molecule has 0 fully saturated rings. The first-order valence-corrected chi connectivity index (χ1v) is 7.62. The minimum Gasteiger partial charge on any atom is -0.303 e. The summed E-state index contributed by atoms with van der Waals surface area (Å²) in [6.45, 7) is 5.12. The predicted molar refractivity (Wildman–Crippen MR) is 76.1 cm³/mol. The standard InChI is InChI=1S/C12H15ClN2S2/c1-3-9-6-15-12(16-9)7-14-8(2)10-4-5-11(13)17-10/h4-6,8,14H,3,7H2,1-2H3. The Balaban J connectivity index is 1.89. The second-order valence-electron chi connectivity index (χ2n) is 3.82. The zero-order valence-electron chi connectivity index (χ0n) is 9.87. The number of nitrogens with one attached hydrogen (secondary N) is 1. The fraction of sp³-hybridized carbons (Fsp3) is 0.417. The Hall–Kier alpha value is -0.420. The molecule has 0 aliphatic rings. The first kappa shape index (κ1) is 13.0. The van der Waals surface area contributed by atoms with Gasteiger partial charge < -0.3 is 5.32 Å². The van der Waals surface area contributed by atoms with Gasteiger partial charge >= 0.3 is 0 Å². The molecule has 2 nitrogen and oxygen atoms in total. The molecule has 2 aromatic heterocycles. The van der Waals surface area contributed by atoms with Gasteiger partial charge in [-0.1, -0.05) is 18.5 Å². The molecule has 2 aromatic rings. The van der Waals surface area contributed by atoms with Crippen LogP contribution in [-0.4, -0.2) is 4.98 Å². The smallest absolute Gasteiger partial charge is 0.107 e. The molecular formula is C12H15ClN2S2. The number of hydrogen-bond donors (Lipinski definition) is 1. The van der Waals surface area contributed by atoms with Crippen LogP contribution in [-0.2, 0) is 13.0 Å². The van der Waals surface area contributed by atoms with Gasteiger partial charge in [-0.05, 0) is 25.5 Å². The average Bonchev–Trinajstić information content (AvgIpc) is 2.94. The normalized spacial score (nSPS) is 12.9. The molecule has 1 N–H and O–H groups in total. The molecule has 0 bridgehead atoms. The van der Waals surface area contributed by atoms with E-state index in [1.165, 1.54) is 9.75 Å². The molecule has 2 rings (SSSR count). The monoisotopic (exact) mass is 286 g/mol. The summed E-state index contributed by atoms with van der Waals surface area (Å²) in [5, 5.41) is 4.62. The van der Waals surface area contributed by atoms with Crippen LogP contribution in [0.1, 0.15) is 34.7 Å². The highest BCUT2D eigenvalue weighted by Crippen LogP contribution is 2.27. The van der Waals surface area contributed by atoms with E-state index in [1.807, 2.05) is 12.3 Å². The third-order valence-electron chi connectivity index (χ3n) is 2.53. The van der Waals surface area contributed by atoms with Crippen LogP contribution in [0.5, 0.6) is 0 Å². The minimum absolute atomic E-state index is 0.321. The number of halogens is 1. The Bertz CT molecular complexity index is 478. The van der Waals surface area contributed by atoms with Crippen LogP contribution in [0.2, 0.25) is 4.34 Å². The molecule has 92 valence electrons. The van der Waals surface area contributed by atoms with E-state index in [0.29, 0.717) is 6.04 Å². The summed E-state index contributed by atoms with van der Waals surface area (Å²) in [7, 11) is 0. The van der Waals surface area contributed by atoms with Crippen molar-refractivity contribution in [3.8, 4) is 0 Å². The minimum atomic E-state index is 0.321. The molecule has 17 heavy (non-hydrogen) atoms. The third kappa shape index (κ3) is 3.52. The molecule has 2 heterocycles. The van der Waals surface area contributed by atoms with Crippen LogP contribution >= 0.6 is 34.3 Å². The molecule has 0 saturated carbocycles. The summed E-state index contributed by atoms with van der Waals surface area (Å²) in [5.41, 5.74) is 0. The van der Waals surface area contributed by atoms with Crippen molar-refractivity contribution in [1.29, 1.82) is 0 Å². The van der Waals surface area contributed by atoms with E-state index in [9.17, 15) is 0 Å². The summed E-state index contributed by atoms with van der Waals surface area (Å²) < 4.78 is 0.844. The lowest BCUT2D eigenvalue weighted by Crippen LogP contribution is -2.16. The molecule has 1 atom stereocenters. The second kappa shape index (κ2) is 5.96. The zero-order valence-corrected chi connectivity index (χ0v) is 12.3. The molecule has 5 heteroatoms. The Morgan fingerprint density at radius 3 is 2.82 bits per heavy atom. The van der Waals surface area contributed by atoms with Gasteiger partial charge in [0.2, 0.25) is 0 Å². The number of nitrogens with zero attached hydrogens (tertiary/aromatic N) is 1. The lowest BCUT2D eigenvalue weighted by Gasteiger charge is -2.10. The molecular weight excluding hydrogens is 272 g/mol. The van der Waals surface area contributed by atoms with Gasteiger partial charge in [-0.2, -0.15) is 0 Å². The second-order valence-corrected chi connectivity index (χ2v) is 6.76. The highest BCUT2D eigenvalue weighted by molar-refractivity contribution is 7.16. The van der Waals surface area contributed by atoms with Crippen molar-refractivity contribution in [3.63, 3.8) is 0 Å². The van der Waals surface area contributed by atoms with E-state index in [4.69, 9.17) is 11.6 Å². The van der Waals surface area contributed by atoms with Gasteiger partial charge in [0.15, 0.2) is 0 Å². The highest BCUT2D eigenvalue weighted by atomic mass is 35.5. The largest absolute Gasteiger partial charge is 0.303 e. The first-order valence-electron chi connectivity index (χ1n) is 5.61. The van der Waals surface area contributed by atoms with Crippen molar-refractivity contribution >= 4 is 34.3 Å².